The molecule has 8 heteroatoms. The van der Waals surface area contributed by atoms with Crippen LogP contribution in [0.2, 0.25) is 0 Å². The van der Waals surface area contributed by atoms with Crippen molar-refractivity contribution in [1.29, 1.82) is 0 Å². The van der Waals surface area contributed by atoms with Crippen LogP contribution in [-0.2, 0) is 9.47 Å². The summed E-state index contributed by atoms with van der Waals surface area (Å²) in [6.07, 6.45) is -0.782. The van der Waals surface area contributed by atoms with Gasteiger partial charge in [-0.3, -0.25) is 0 Å². The first-order valence-electron chi connectivity index (χ1n) is 11.3. The normalized spacial score (nSPS) is 12.2. The van der Waals surface area contributed by atoms with Crippen LogP contribution in [0.25, 0.3) is 21.9 Å². The molecular formula is C27H28O8. The molecule has 0 aromatic heterocycles. The van der Waals surface area contributed by atoms with Gasteiger partial charge >= 0.3 is 11.9 Å². The number of benzene rings is 3. The van der Waals surface area contributed by atoms with E-state index in [0.717, 1.165) is 0 Å². The SMILES string of the molecule is COc1ccc(-c2c(C(=O)OC(C)C)c(C(=O)OC(C)C)cc3cc4c(cc23)OCO4)cc1OC. The summed E-state index contributed by atoms with van der Waals surface area (Å²) >= 11 is 0. The third-order valence-corrected chi connectivity index (χ3v) is 5.41. The minimum absolute atomic E-state index is 0.0852. The van der Waals surface area contributed by atoms with Crippen molar-refractivity contribution in [2.45, 2.75) is 39.9 Å². The Hall–Kier alpha value is -3.94. The molecule has 0 spiro atoms. The van der Waals surface area contributed by atoms with Gasteiger partial charge in [-0.05, 0) is 74.4 Å². The average Bonchev–Trinajstić information content (AvgIpc) is 3.27. The van der Waals surface area contributed by atoms with E-state index in [9.17, 15) is 9.59 Å². The van der Waals surface area contributed by atoms with Crippen LogP contribution in [0.3, 0.4) is 0 Å². The van der Waals surface area contributed by atoms with Gasteiger partial charge in [0.15, 0.2) is 23.0 Å². The van der Waals surface area contributed by atoms with Crippen molar-refractivity contribution in [2.75, 3.05) is 21.0 Å². The number of methoxy groups -OCH3 is 2. The first-order valence-corrected chi connectivity index (χ1v) is 11.3. The molecule has 0 amide bonds. The summed E-state index contributed by atoms with van der Waals surface area (Å²) in [6, 6.07) is 10.5. The van der Waals surface area contributed by atoms with Gasteiger partial charge in [0.05, 0.1) is 37.6 Å². The highest BCUT2D eigenvalue weighted by molar-refractivity contribution is 6.16. The van der Waals surface area contributed by atoms with Gasteiger partial charge in [-0.15, -0.1) is 0 Å². The van der Waals surface area contributed by atoms with Gasteiger partial charge in [0.1, 0.15) is 0 Å². The summed E-state index contributed by atoms with van der Waals surface area (Å²) in [7, 11) is 3.07. The smallest absolute Gasteiger partial charge is 0.339 e. The van der Waals surface area contributed by atoms with Gasteiger partial charge in [-0.2, -0.15) is 0 Å². The summed E-state index contributed by atoms with van der Waals surface area (Å²) < 4.78 is 33.1. The molecule has 3 aromatic rings. The van der Waals surface area contributed by atoms with Crippen molar-refractivity contribution in [2.24, 2.45) is 0 Å². The minimum atomic E-state index is -0.639. The van der Waals surface area contributed by atoms with Crippen molar-refractivity contribution >= 4 is 22.7 Å². The number of carbonyl (C=O) groups is 2. The molecule has 8 nitrogen and oxygen atoms in total. The molecule has 184 valence electrons. The predicted octanol–water partition coefficient (Wildman–Crippen LogP) is 5.38. The van der Waals surface area contributed by atoms with E-state index in [0.29, 0.717) is 44.9 Å². The van der Waals surface area contributed by atoms with Crippen LogP contribution in [0.4, 0.5) is 0 Å². The molecule has 1 aliphatic rings. The molecule has 0 atom stereocenters. The van der Waals surface area contributed by atoms with E-state index in [4.69, 9.17) is 28.4 Å². The third-order valence-electron chi connectivity index (χ3n) is 5.41. The van der Waals surface area contributed by atoms with Crippen LogP contribution < -0.4 is 18.9 Å². The van der Waals surface area contributed by atoms with Gasteiger partial charge < -0.3 is 28.4 Å². The number of esters is 2. The van der Waals surface area contributed by atoms with Crippen LogP contribution in [0, 0.1) is 0 Å². The molecule has 0 bridgehead atoms. The lowest BCUT2D eigenvalue weighted by Crippen LogP contribution is -2.20. The van der Waals surface area contributed by atoms with Crippen molar-refractivity contribution in [3.63, 3.8) is 0 Å². The Morgan fingerprint density at radius 2 is 1.43 bits per heavy atom. The molecule has 3 aromatic carbocycles. The Labute approximate surface area is 203 Å². The summed E-state index contributed by atoms with van der Waals surface area (Å²) in [5, 5.41) is 1.36. The number of hydrogen-bond acceptors (Lipinski definition) is 8. The van der Waals surface area contributed by atoms with Gasteiger partial charge in [0, 0.05) is 5.56 Å². The van der Waals surface area contributed by atoms with Gasteiger partial charge in [0.25, 0.3) is 0 Å². The zero-order chi connectivity index (χ0) is 25.3. The van der Waals surface area contributed by atoms with Gasteiger partial charge in [-0.1, -0.05) is 6.07 Å². The highest BCUT2D eigenvalue weighted by Gasteiger charge is 2.29. The van der Waals surface area contributed by atoms with Crippen LogP contribution in [-0.4, -0.2) is 45.2 Å². The minimum Gasteiger partial charge on any atom is -0.493 e. The van der Waals surface area contributed by atoms with E-state index in [1.807, 2.05) is 0 Å². The predicted molar refractivity (Wildman–Crippen MR) is 130 cm³/mol. The molecule has 0 aliphatic carbocycles. The summed E-state index contributed by atoms with van der Waals surface area (Å²) in [4.78, 5) is 26.7. The lowest BCUT2D eigenvalue weighted by atomic mass is 9.89. The number of ether oxygens (including phenoxy) is 6. The van der Waals surface area contributed by atoms with Crippen LogP contribution in [0.5, 0.6) is 23.0 Å². The van der Waals surface area contributed by atoms with E-state index in [-0.39, 0.29) is 24.0 Å². The monoisotopic (exact) mass is 480 g/mol. The lowest BCUT2D eigenvalue weighted by Gasteiger charge is -2.20. The first kappa shape index (κ1) is 24.2. The topological polar surface area (TPSA) is 89.5 Å². The molecule has 0 fully saturated rings. The molecular weight excluding hydrogens is 452 g/mol. The maximum Gasteiger partial charge on any atom is 0.339 e. The number of rotatable bonds is 7. The zero-order valence-corrected chi connectivity index (χ0v) is 20.6. The number of carbonyl (C=O) groups excluding carboxylic acids is 2. The van der Waals surface area contributed by atoms with Crippen molar-refractivity contribution in [1.82, 2.24) is 0 Å². The molecule has 35 heavy (non-hydrogen) atoms. The molecule has 0 saturated carbocycles. The maximum atomic E-state index is 13.5. The van der Waals surface area contributed by atoms with Crippen LogP contribution >= 0.6 is 0 Å². The standard InChI is InChI=1S/C27H28O8/c1-14(2)34-26(28)19-9-17-11-22-23(33-13-32-22)12-18(17)24(25(19)27(29)35-15(3)4)16-7-8-20(30-5)21(10-16)31-6/h7-12,14-15H,13H2,1-6H3. The largest absolute Gasteiger partial charge is 0.493 e. The van der Waals surface area contributed by atoms with E-state index in [1.54, 1.807) is 71.2 Å². The second-order valence-electron chi connectivity index (χ2n) is 8.58. The van der Waals surface area contributed by atoms with Crippen molar-refractivity contribution < 1.29 is 38.0 Å². The second-order valence-corrected chi connectivity index (χ2v) is 8.58. The second kappa shape index (κ2) is 9.74. The lowest BCUT2D eigenvalue weighted by molar-refractivity contribution is 0.0329. The Balaban J connectivity index is 2.10. The van der Waals surface area contributed by atoms with Crippen LogP contribution in [0.15, 0.2) is 36.4 Å². The highest BCUT2D eigenvalue weighted by Crippen LogP contribution is 2.44. The molecule has 0 saturated heterocycles. The molecule has 0 unspecified atom stereocenters. The quantitative estimate of drug-likeness (QED) is 0.416. The maximum absolute atomic E-state index is 13.5. The molecule has 1 aliphatic heterocycles. The van der Waals surface area contributed by atoms with Crippen molar-refractivity contribution in [3.05, 3.63) is 47.5 Å². The van der Waals surface area contributed by atoms with E-state index >= 15 is 0 Å². The van der Waals surface area contributed by atoms with Gasteiger partial charge in [-0.25, -0.2) is 9.59 Å². The van der Waals surface area contributed by atoms with E-state index < -0.39 is 18.0 Å². The van der Waals surface area contributed by atoms with Crippen molar-refractivity contribution in [3.8, 4) is 34.1 Å². The summed E-state index contributed by atoms with van der Waals surface area (Å²) in [5.74, 6) is 0.825. The Bertz CT molecular complexity index is 1290. The fourth-order valence-corrected chi connectivity index (χ4v) is 4.01. The molecule has 4 rings (SSSR count). The van der Waals surface area contributed by atoms with Crippen LogP contribution in [0.1, 0.15) is 48.4 Å². The molecule has 1 heterocycles. The number of hydrogen-bond donors (Lipinski definition) is 0. The summed E-state index contributed by atoms with van der Waals surface area (Å²) in [6.45, 7) is 7.08. The Morgan fingerprint density at radius 3 is 2.06 bits per heavy atom. The van der Waals surface area contributed by atoms with E-state index in [2.05, 4.69) is 0 Å². The summed E-state index contributed by atoms with van der Waals surface area (Å²) in [5.41, 5.74) is 1.31. The molecule has 0 N–H and O–H groups in total. The highest BCUT2D eigenvalue weighted by atomic mass is 16.7. The van der Waals surface area contributed by atoms with E-state index in [1.165, 1.54) is 7.11 Å². The Kier molecular flexibility index (Phi) is 6.73. The Morgan fingerprint density at radius 1 is 0.800 bits per heavy atom. The number of fused-ring (bicyclic) bond motifs is 2. The third kappa shape index (κ3) is 4.69. The average molecular weight is 481 g/mol. The molecule has 0 radical (unpaired) electrons. The zero-order valence-electron chi connectivity index (χ0n) is 20.6. The first-order chi connectivity index (χ1) is 16.7. The fourth-order valence-electron chi connectivity index (χ4n) is 4.01. The van der Waals surface area contributed by atoms with Gasteiger partial charge in [0.2, 0.25) is 6.79 Å². The fraction of sp³-hybridized carbons (Fsp3) is 0.333.